The summed E-state index contributed by atoms with van der Waals surface area (Å²) >= 11 is 1.83. The van der Waals surface area contributed by atoms with E-state index in [0.717, 1.165) is 33.2 Å². The van der Waals surface area contributed by atoms with Gasteiger partial charge in [-0.2, -0.15) is 0 Å². The van der Waals surface area contributed by atoms with Crippen molar-refractivity contribution in [3.8, 4) is 17.2 Å². The third kappa shape index (κ3) is 2.69. The summed E-state index contributed by atoms with van der Waals surface area (Å²) in [5.41, 5.74) is 5.96. The first-order chi connectivity index (χ1) is 20.8. The van der Waals surface area contributed by atoms with Crippen LogP contribution in [0.5, 0.6) is 0 Å². The highest BCUT2D eigenvalue weighted by Crippen LogP contribution is 2.48. The first-order valence-corrected chi connectivity index (χ1v) is 14.8. The minimum Gasteiger partial charge on any atom is -0.289 e. The van der Waals surface area contributed by atoms with Gasteiger partial charge in [-0.1, -0.05) is 97.1 Å². The molecule has 4 nitrogen and oxygen atoms in total. The van der Waals surface area contributed by atoms with Gasteiger partial charge in [0.2, 0.25) is 5.95 Å². The quantitative estimate of drug-likeness (QED) is 0.203. The smallest absolute Gasteiger partial charge is 0.235 e. The van der Waals surface area contributed by atoms with Gasteiger partial charge in [0.1, 0.15) is 0 Å². The fourth-order valence-corrected chi connectivity index (χ4v) is 8.28. The Bertz CT molecular complexity index is 2660. The maximum absolute atomic E-state index is 13.5. The molecule has 0 atom stereocenters. The molecule has 0 saturated carbocycles. The Hall–Kier alpha value is -5.39. The molecule has 0 N–H and O–H groups in total. The summed E-state index contributed by atoms with van der Waals surface area (Å²) in [5, 5.41) is 8.21. The number of hydrogen-bond donors (Lipinski definition) is 0. The molecule has 1 aliphatic rings. The van der Waals surface area contributed by atoms with Gasteiger partial charge in [0.25, 0.3) is 0 Å². The van der Waals surface area contributed by atoms with E-state index in [1.165, 1.54) is 41.7 Å². The van der Waals surface area contributed by atoms with Gasteiger partial charge >= 0.3 is 0 Å². The predicted octanol–water partition coefficient (Wildman–Crippen LogP) is 9.46. The molecule has 9 aromatic rings. The second kappa shape index (κ2) is 7.87. The van der Waals surface area contributed by atoms with Crippen molar-refractivity contribution in [2.45, 2.75) is 0 Å². The maximum Gasteiger partial charge on any atom is 0.235 e. The molecular weight excluding hydrogens is 534 g/mol. The Labute approximate surface area is 243 Å². The third-order valence-corrected chi connectivity index (χ3v) is 9.91. The molecule has 6 aromatic carbocycles. The highest BCUT2D eigenvalue weighted by atomic mass is 32.1. The molecule has 0 radical (unpaired) electrons. The van der Waals surface area contributed by atoms with Gasteiger partial charge < -0.3 is 0 Å². The van der Waals surface area contributed by atoms with E-state index in [1.54, 1.807) is 0 Å². The molecule has 3 aromatic heterocycles. The molecule has 0 amide bonds. The summed E-state index contributed by atoms with van der Waals surface area (Å²) in [6.07, 6.45) is 0. The summed E-state index contributed by atoms with van der Waals surface area (Å²) in [4.78, 5) is 23.9. The zero-order valence-electron chi connectivity index (χ0n) is 22.1. The molecule has 0 saturated heterocycles. The van der Waals surface area contributed by atoms with Crippen LogP contribution in [0.2, 0.25) is 0 Å². The lowest BCUT2D eigenvalue weighted by atomic mass is 9.87. The Kier molecular flexibility index (Phi) is 4.18. The largest absolute Gasteiger partial charge is 0.289 e. The number of rotatable bonds is 1. The number of benzene rings is 6. The fraction of sp³-hybridized carbons (Fsp3) is 0. The van der Waals surface area contributed by atoms with Gasteiger partial charge in [-0.05, 0) is 29.0 Å². The van der Waals surface area contributed by atoms with E-state index in [1.807, 2.05) is 53.8 Å². The second-order valence-electron chi connectivity index (χ2n) is 10.9. The Morgan fingerprint density at radius 3 is 2.07 bits per heavy atom. The van der Waals surface area contributed by atoms with E-state index in [0.29, 0.717) is 17.1 Å². The summed E-state index contributed by atoms with van der Waals surface area (Å²) < 4.78 is 4.73. The highest BCUT2D eigenvalue weighted by molar-refractivity contribution is 7.27. The topological polar surface area (TPSA) is 47.8 Å². The van der Waals surface area contributed by atoms with E-state index in [-0.39, 0.29) is 5.78 Å². The van der Waals surface area contributed by atoms with E-state index < -0.39 is 0 Å². The Morgan fingerprint density at radius 2 is 1.21 bits per heavy atom. The minimum atomic E-state index is 0.0235. The lowest BCUT2D eigenvalue weighted by molar-refractivity contribution is 0.104. The first-order valence-electron chi connectivity index (χ1n) is 14.0. The van der Waals surface area contributed by atoms with Crippen molar-refractivity contribution in [2.75, 3.05) is 0 Å². The van der Waals surface area contributed by atoms with E-state index >= 15 is 0 Å². The zero-order chi connectivity index (χ0) is 27.5. The van der Waals surface area contributed by atoms with Gasteiger partial charge in [-0.15, -0.1) is 11.3 Å². The van der Waals surface area contributed by atoms with Crippen LogP contribution in [0.1, 0.15) is 15.9 Å². The molecule has 0 spiro atoms. The van der Waals surface area contributed by atoms with Crippen LogP contribution in [0.15, 0.2) is 115 Å². The molecule has 0 bridgehead atoms. The number of ketones is 1. The molecular formula is C37H19N3OS. The molecule has 3 heterocycles. The number of fused-ring (bicyclic) bond motifs is 12. The van der Waals surface area contributed by atoms with Crippen LogP contribution in [0.4, 0.5) is 0 Å². The average molecular weight is 554 g/mol. The third-order valence-electron chi connectivity index (χ3n) is 8.73. The van der Waals surface area contributed by atoms with Crippen molar-refractivity contribution in [3.05, 3.63) is 126 Å². The highest BCUT2D eigenvalue weighted by Gasteiger charge is 2.29. The van der Waals surface area contributed by atoms with Crippen LogP contribution in [0, 0.1) is 0 Å². The lowest BCUT2D eigenvalue weighted by Gasteiger charge is -2.19. The van der Waals surface area contributed by atoms with Crippen molar-refractivity contribution < 1.29 is 4.79 Å². The van der Waals surface area contributed by atoms with Crippen molar-refractivity contribution in [2.24, 2.45) is 0 Å². The summed E-state index contributed by atoms with van der Waals surface area (Å²) in [5.74, 6) is 0.634. The zero-order valence-corrected chi connectivity index (χ0v) is 22.9. The second-order valence-corrected chi connectivity index (χ2v) is 11.9. The molecule has 10 rings (SSSR count). The molecule has 1 aliphatic carbocycles. The van der Waals surface area contributed by atoms with E-state index in [9.17, 15) is 4.79 Å². The Balaban J connectivity index is 1.46. The lowest BCUT2D eigenvalue weighted by Crippen LogP contribution is -2.13. The SMILES string of the molecule is O=C1c2ccccc2-c2nc(-n3c4ccccc4c4c5ccccc5c5c6ccccc6sc5c43)nc3cccc1c23. The summed E-state index contributed by atoms with van der Waals surface area (Å²) in [6, 6.07) is 39.6. The molecule has 194 valence electrons. The van der Waals surface area contributed by atoms with Gasteiger partial charge in [-0.3, -0.25) is 9.36 Å². The van der Waals surface area contributed by atoms with Gasteiger partial charge in [0.05, 0.1) is 26.9 Å². The van der Waals surface area contributed by atoms with Crippen LogP contribution in [-0.2, 0) is 0 Å². The number of aromatic nitrogens is 3. The van der Waals surface area contributed by atoms with E-state index in [4.69, 9.17) is 9.97 Å². The monoisotopic (exact) mass is 553 g/mol. The van der Waals surface area contributed by atoms with Crippen LogP contribution >= 0.6 is 11.3 Å². The number of carbonyl (C=O) groups excluding carboxylic acids is 1. The van der Waals surface area contributed by atoms with Crippen molar-refractivity contribution in [1.82, 2.24) is 14.5 Å². The van der Waals surface area contributed by atoms with Gasteiger partial charge in [0.15, 0.2) is 5.78 Å². The van der Waals surface area contributed by atoms with Crippen molar-refractivity contribution in [1.29, 1.82) is 0 Å². The van der Waals surface area contributed by atoms with Gasteiger partial charge in [0, 0.05) is 48.3 Å². The van der Waals surface area contributed by atoms with Crippen molar-refractivity contribution in [3.63, 3.8) is 0 Å². The maximum atomic E-state index is 13.5. The van der Waals surface area contributed by atoms with Crippen LogP contribution in [0.3, 0.4) is 0 Å². The molecule has 42 heavy (non-hydrogen) atoms. The van der Waals surface area contributed by atoms with Crippen LogP contribution < -0.4 is 0 Å². The average Bonchev–Trinajstić information content (AvgIpc) is 3.60. The first kappa shape index (κ1) is 22.3. The number of thiophene rings is 1. The van der Waals surface area contributed by atoms with Crippen molar-refractivity contribution >= 4 is 80.8 Å². The predicted molar refractivity (Wildman–Crippen MR) is 173 cm³/mol. The normalized spacial score (nSPS) is 12.8. The Morgan fingerprint density at radius 1 is 0.548 bits per heavy atom. The summed E-state index contributed by atoms with van der Waals surface area (Å²) in [6.45, 7) is 0. The van der Waals surface area contributed by atoms with Gasteiger partial charge in [-0.25, -0.2) is 9.97 Å². The molecule has 0 fully saturated rings. The minimum absolute atomic E-state index is 0.0235. The molecule has 0 unspecified atom stereocenters. The van der Waals surface area contributed by atoms with E-state index in [2.05, 4.69) is 77.4 Å². The van der Waals surface area contributed by atoms with Crippen LogP contribution in [-0.4, -0.2) is 20.3 Å². The standard InChI is InChI=1S/C37H19N3OS/c41-35-23-13-4-3-12-22(23)33-32-26(35)16-9-17-27(32)38-37(39-33)40-28-18-7-5-14-24(28)30-20-10-1-2-11-21(20)31-25-15-6-8-19-29(25)42-36(31)34(30)40/h1-19H. The fourth-order valence-electron chi connectivity index (χ4n) is 7.02. The molecule has 5 heteroatoms. The van der Waals surface area contributed by atoms with Crippen LogP contribution in [0.25, 0.3) is 80.9 Å². The number of carbonyl (C=O) groups is 1. The number of hydrogen-bond acceptors (Lipinski definition) is 4. The summed E-state index contributed by atoms with van der Waals surface area (Å²) in [7, 11) is 0. The number of nitrogens with zero attached hydrogens (tertiary/aromatic N) is 3. The molecule has 0 aliphatic heterocycles. The number of para-hydroxylation sites is 1.